The van der Waals surface area contributed by atoms with Crippen LogP contribution in [0, 0.1) is 10.1 Å². The Morgan fingerprint density at radius 2 is 2.11 bits per heavy atom. The molecule has 1 saturated heterocycles. The third-order valence-electron chi connectivity index (χ3n) is 4.92. The van der Waals surface area contributed by atoms with Crippen LogP contribution in [-0.4, -0.2) is 43.9 Å². The van der Waals surface area contributed by atoms with Crippen molar-refractivity contribution in [2.24, 2.45) is 0 Å². The van der Waals surface area contributed by atoms with Crippen LogP contribution in [0.3, 0.4) is 0 Å². The van der Waals surface area contributed by atoms with Gasteiger partial charge in [0, 0.05) is 30.6 Å². The number of carbonyl (C=O) groups excluding carboxylic acids is 1. The van der Waals surface area contributed by atoms with Crippen molar-refractivity contribution in [1.82, 2.24) is 14.9 Å². The Hall–Kier alpha value is -3.42. The maximum absolute atomic E-state index is 12.8. The number of phenols is 1. The Balaban J connectivity index is 1.54. The first-order valence-electron chi connectivity index (χ1n) is 8.74. The van der Waals surface area contributed by atoms with Crippen LogP contribution in [0.5, 0.6) is 5.75 Å². The molecular weight excluding hydrogens is 348 g/mol. The number of phenolic OH excluding ortho intramolecular Hbond substituents is 1. The van der Waals surface area contributed by atoms with E-state index in [2.05, 4.69) is 9.97 Å². The van der Waals surface area contributed by atoms with Gasteiger partial charge >= 0.3 is 5.69 Å². The van der Waals surface area contributed by atoms with E-state index in [1.807, 2.05) is 24.3 Å². The van der Waals surface area contributed by atoms with Crippen molar-refractivity contribution >= 4 is 22.6 Å². The lowest BCUT2D eigenvalue weighted by Crippen LogP contribution is -2.39. The number of aromatic amines is 1. The molecule has 0 radical (unpaired) electrons. The first-order chi connectivity index (χ1) is 13.0. The van der Waals surface area contributed by atoms with E-state index in [4.69, 9.17) is 0 Å². The number of hydrogen-bond acceptors (Lipinski definition) is 5. The molecule has 0 spiro atoms. The molecule has 138 valence electrons. The molecule has 8 nitrogen and oxygen atoms in total. The average Bonchev–Trinajstić information content (AvgIpc) is 3.11. The van der Waals surface area contributed by atoms with Gasteiger partial charge in [-0.15, -0.1) is 0 Å². The van der Waals surface area contributed by atoms with Crippen molar-refractivity contribution in [3.63, 3.8) is 0 Å². The summed E-state index contributed by atoms with van der Waals surface area (Å²) in [5, 5.41) is 20.6. The molecule has 0 aliphatic carbocycles. The Morgan fingerprint density at radius 1 is 1.30 bits per heavy atom. The number of piperidine rings is 1. The Labute approximate surface area is 154 Å². The number of benzene rings is 2. The van der Waals surface area contributed by atoms with Gasteiger partial charge in [0.25, 0.3) is 5.91 Å². The number of nitro groups is 1. The number of hydrogen-bond donors (Lipinski definition) is 2. The Kier molecular flexibility index (Phi) is 4.23. The van der Waals surface area contributed by atoms with Gasteiger partial charge in [-0.3, -0.25) is 14.9 Å². The normalized spacial score (nSPS) is 17.2. The number of fused-ring (bicyclic) bond motifs is 1. The van der Waals surface area contributed by atoms with Crippen molar-refractivity contribution in [1.29, 1.82) is 0 Å². The maximum Gasteiger partial charge on any atom is 0.310 e. The number of amides is 1. The summed E-state index contributed by atoms with van der Waals surface area (Å²) in [6, 6.07) is 11.5. The lowest BCUT2D eigenvalue weighted by atomic mass is 9.96. The monoisotopic (exact) mass is 366 g/mol. The number of para-hydroxylation sites is 2. The number of H-pyrrole nitrogens is 1. The zero-order valence-corrected chi connectivity index (χ0v) is 14.5. The van der Waals surface area contributed by atoms with Gasteiger partial charge in [-0.1, -0.05) is 12.1 Å². The van der Waals surface area contributed by atoms with E-state index in [1.54, 1.807) is 4.90 Å². The van der Waals surface area contributed by atoms with E-state index in [9.17, 15) is 20.0 Å². The number of rotatable bonds is 3. The summed E-state index contributed by atoms with van der Waals surface area (Å²) in [5.41, 5.74) is 1.70. The molecule has 1 atom stereocenters. The third-order valence-corrected chi connectivity index (χ3v) is 4.92. The van der Waals surface area contributed by atoms with Gasteiger partial charge in [0.2, 0.25) is 0 Å². The summed E-state index contributed by atoms with van der Waals surface area (Å²) in [6.07, 6.45) is 1.77. The standard InChI is InChI=1S/C19H18N4O4/c24-17-10-12(7-8-16(17)23(26)27)19(25)22-9-3-4-13(11-22)18-20-14-5-1-2-6-15(14)21-18/h1-2,5-8,10,13,24H,3-4,9,11H2,(H,20,21)/t13-/m1/s1. The van der Waals surface area contributed by atoms with E-state index in [0.717, 1.165) is 41.8 Å². The minimum absolute atomic E-state index is 0.0988. The molecule has 0 unspecified atom stereocenters. The van der Waals surface area contributed by atoms with Crippen LogP contribution in [0.15, 0.2) is 42.5 Å². The van der Waals surface area contributed by atoms with E-state index in [0.29, 0.717) is 13.1 Å². The van der Waals surface area contributed by atoms with Gasteiger partial charge in [0.05, 0.1) is 16.0 Å². The second-order valence-electron chi connectivity index (χ2n) is 6.69. The number of nitrogens with zero attached hydrogens (tertiary/aromatic N) is 3. The minimum atomic E-state index is -0.678. The number of likely N-dealkylation sites (tertiary alicyclic amines) is 1. The quantitative estimate of drug-likeness (QED) is 0.546. The van der Waals surface area contributed by atoms with Gasteiger partial charge in [-0.25, -0.2) is 4.98 Å². The zero-order chi connectivity index (χ0) is 19.0. The van der Waals surface area contributed by atoms with Gasteiger partial charge in [-0.2, -0.15) is 0 Å². The average molecular weight is 366 g/mol. The van der Waals surface area contributed by atoms with E-state index < -0.39 is 16.4 Å². The highest BCUT2D eigenvalue weighted by Gasteiger charge is 2.28. The van der Waals surface area contributed by atoms with Crippen LogP contribution in [0.4, 0.5) is 5.69 Å². The molecule has 1 aliphatic heterocycles. The molecule has 0 saturated carbocycles. The number of nitrogens with one attached hydrogen (secondary N) is 1. The maximum atomic E-state index is 12.8. The molecule has 8 heteroatoms. The van der Waals surface area contributed by atoms with Crippen LogP contribution in [-0.2, 0) is 0 Å². The van der Waals surface area contributed by atoms with Gasteiger partial charge in [0.15, 0.2) is 5.75 Å². The second-order valence-corrected chi connectivity index (χ2v) is 6.69. The predicted molar refractivity (Wildman–Crippen MR) is 98.7 cm³/mol. The van der Waals surface area contributed by atoms with Crippen molar-refractivity contribution in [3.8, 4) is 5.75 Å². The Morgan fingerprint density at radius 3 is 2.85 bits per heavy atom. The first-order valence-corrected chi connectivity index (χ1v) is 8.74. The minimum Gasteiger partial charge on any atom is -0.502 e. The number of aromatic nitrogens is 2. The van der Waals surface area contributed by atoms with Crippen LogP contribution in [0.1, 0.15) is 34.9 Å². The van der Waals surface area contributed by atoms with Crippen molar-refractivity contribution in [2.45, 2.75) is 18.8 Å². The van der Waals surface area contributed by atoms with Crippen LogP contribution >= 0.6 is 0 Å². The number of carbonyl (C=O) groups is 1. The summed E-state index contributed by atoms with van der Waals surface area (Å²) >= 11 is 0. The molecular formula is C19H18N4O4. The van der Waals surface area contributed by atoms with Gasteiger partial charge in [0.1, 0.15) is 5.82 Å². The predicted octanol–water partition coefficient (Wildman–Crippen LogP) is 3.20. The zero-order valence-electron chi connectivity index (χ0n) is 14.5. The molecule has 1 amide bonds. The molecule has 1 fully saturated rings. The molecule has 2 heterocycles. The Bertz CT molecular complexity index is 996. The molecule has 3 aromatic rings. The van der Waals surface area contributed by atoms with Crippen LogP contribution < -0.4 is 0 Å². The van der Waals surface area contributed by atoms with E-state index in [1.165, 1.54) is 6.07 Å². The number of imidazole rings is 1. The van der Waals surface area contributed by atoms with Gasteiger partial charge in [-0.05, 0) is 37.1 Å². The fourth-order valence-corrected chi connectivity index (χ4v) is 3.54. The molecule has 0 bridgehead atoms. The third kappa shape index (κ3) is 3.21. The lowest BCUT2D eigenvalue weighted by molar-refractivity contribution is -0.385. The summed E-state index contributed by atoms with van der Waals surface area (Å²) in [4.78, 5) is 32.6. The highest BCUT2D eigenvalue weighted by Crippen LogP contribution is 2.30. The molecule has 2 N–H and O–H groups in total. The van der Waals surface area contributed by atoms with E-state index >= 15 is 0 Å². The molecule has 2 aromatic carbocycles. The summed E-state index contributed by atoms with van der Waals surface area (Å²) in [6.45, 7) is 1.11. The summed E-state index contributed by atoms with van der Waals surface area (Å²) < 4.78 is 0. The van der Waals surface area contributed by atoms with Crippen molar-refractivity contribution in [3.05, 3.63) is 64.0 Å². The topological polar surface area (TPSA) is 112 Å². The summed E-state index contributed by atoms with van der Waals surface area (Å²) in [5.74, 6) is 0.208. The molecule has 1 aliphatic rings. The fraction of sp³-hybridized carbons (Fsp3) is 0.263. The largest absolute Gasteiger partial charge is 0.502 e. The molecule has 27 heavy (non-hydrogen) atoms. The number of nitro benzene ring substituents is 1. The SMILES string of the molecule is O=C(c1ccc([N+](=O)[O-])c(O)c1)N1CCC[C@@H](c2nc3ccccc3[nH]2)C1. The highest BCUT2D eigenvalue weighted by atomic mass is 16.6. The number of aromatic hydroxyl groups is 1. The van der Waals surface area contributed by atoms with Crippen molar-refractivity contribution < 1.29 is 14.8 Å². The smallest absolute Gasteiger partial charge is 0.310 e. The summed E-state index contributed by atoms with van der Waals surface area (Å²) in [7, 11) is 0. The van der Waals surface area contributed by atoms with Crippen LogP contribution in [0.2, 0.25) is 0 Å². The lowest BCUT2D eigenvalue weighted by Gasteiger charge is -2.32. The molecule has 4 rings (SSSR count). The first kappa shape index (κ1) is 17.0. The van der Waals surface area contributed by atoms with Gasteiger partial charge < -0.3 is 15.0 Å². The highest BCUT2D eigenvalue weighted by molar-refractivity contribution is 5.95. The fourth-order valence-electron chi connectivity index (χ4n) is 3.54. The van der Waals surface area contributed by atoms with Crippen LogP contribution in [0.25, 0.3) is 11.0 Å². The van der Waals surface area contributed by atoms with Crippen molar-refractivity contribution in [2.75, 3.05) is 13.1 Å². The van der Waals surface area contributed by atoms with E-state index in [-0.39, 0.29) is 17.4 Å². The molecule has 1 aromatic heterocycles. The second kappa shape index (κ2) is 6.71.